The van der Waals surface area contributed by atoms with E-state index in [4.69, 9.17) is 4.98 Å². The minimum absolute atomic E-state index is 0.105. The van der Waals surface area contributed by atoms with Crippen LogP contribution < -0.4 is 10.6 Å². The van der Waals surface area contributed by atoms with E-state index in [0.717, 1.165) is 36.0 Å². The topological polar surface area (TPSA) is 62.2 Å². The van der Waals surface area contributed by atoms with E-state index in [1.807, 2.05) is 6.20 Å². The zero-order valence-corrected chi connectivity index (χ0v) is 16.8. The number of guanidine groups is 1. The minimum Gasteiger partial charge on any atom is -0.356 e. The van der Waals surface area contributed by atoms with E-state index in [9.17, 15) is 0 Å². The van der Waals surface area contributed by atoms with Gasteiger partial charge in [0.15, 0.2) is 5.96 Å². The number of thiazole rings is 2. The van der Waals surface area contributed by atoms with Crippen LogP contribution in [-0.4, -0.2) is 29.5 Å². The van der Waals surface area contributed by atoms with Gasteiger partial charge in [0.2, 0.25) is 0 Å². The van der Waals surface area contributed by atoms with E-state index in [1.165, 1.54) is 9.88 Å². The zero-order valence-electron chi connectivity index (χ0n) is 15.1. The highest BCUT2D eigenvalue weighted by molar-refractivity contribution is 7.11. The van der Waals surface area contributed by atoms with E-state index in [-0.39, 0.29) is 5.41 Å². The third-order valence-electron chi connectivity index (χ3n) is 3.44. The van der Waals surface area contributed by atoms with Crippen LogP contribution in [0.1, 0.15) is 48.3 Å². The van der Waals surface area contributed by atoms with Gasteiger partial charge in [-0.05, 0) is 6.42 Å². The molecule has 0 atom stereocenters. The molecule has 0 saturated carbocycles. The van der Waals surface area contributed by atoms with Crippen LogP contribution in [0.4, 0.5) is 0 Å². The number of aliphatic imine (C=N–C) groups is 1. The summed E-state index contributed by atoms with van der Waals surface area (Å²) in [6.07, 6.45) is 3.94. The van der Waals surface area contributed by atoms with Crippen molar-refractivity contribution in [1.82, 2.24) is 20.6 Å². The maximum absolute atomic E-state index is 4.69. The lowest BCUT2D eigenvalue weighted by Gasteiger charge is -2.14. The van der Waals surface area contributed by atoms with Crippen LogP contribution in [0, 0.1) is 0 Å². The molecule has 5 nitrogen and oxygen atoms in total. The Morgan fingerprint density at radius 3 is 2.67 bits per heavy atom. The maximum atomic E-state index is 4.69. The Morgan fingerprint density at radius 2 is 2.08 bits per heavy atom. The van der Waals surface area contributed by atoms with Crippen molar-refractivity contribution in [3.63, 3.8) is 0 Å². The Bertz CT molecular complexity index is 667. The second-order valence-electron chi connectivity index (χ2n) is 6.57. The smallest absolute Gasteiger partial charge is 0.191 e. The first-order chi connectivity index (χ1) is 11.4. The van der Waals surface area contributed by atoms with E-state index in [0.29, 0.717) is 6.54 Å². The molecule has 2 N–H and O–H groups in total. The highest BCUT2D eigenvalue weighted by Crippen LogP contribution is 2.25. The van der Waals surface area contributed by atoms with E-state index in [2.05, 4.69) is 53.7 Å². The van der Waals surface area contributed by atoms with Crippen molar-refractivity contribution < 1.29 is 0 Å². The van der Waals surface area contributed by atoms with Gasteiger partial charge in [-0.1, -0.05) is 27.7 Å². The van der Waals surface area contributed by atoms with Crippen LogP contribution in [0.25, 0.3) is 0 Å². The summed E-state index contributed by atoms with van der Waals surface area (Å²) in [5.74, 6) is 0.799. The summed E-state index contributed by atoms with van der Waals surface area (Å²) in [6.45, 7) is 10.2. The SMILES string of the molecule is CCc1cnc(CCNC(=NC)NCc2csc(C(C)(C)C)n2)s1. The molecule has 24 heavy (non-hydrogen) atoms. The first-order valence-electron chi connectivity index (χ1n) is 8.25. The Hall–Kier alpha value is -1.47. The second-order valence-corrected chi connectivity index (χ2v) is 8.63. The molecule has 0 spiro atoms. The largest absolute Gasteiger partial charge is 0.356 e. The summed E-state index contributed by atoms with van der Waals surface area (Å²) < 4.78 is 0. The van der Waals surface area contributed by atoms with Gasteiger partial charge >= 0.3 is 0 Å². The van der Waals surface area contributed by atoms with Crippen LogP contribution >= 0.6 is 22.7 Å². The van der Waals surface area contributed by atoms with Crippen molar-refractivity contribution >= 4 is 28.6 Å². The van der Waals surface area contributed by atoms with Crippen LogP contribution in [-0.2, 0) is 24.8 Å². The predicted octanol–water partition coefficient (Wildman–Crippen LogP) is 3.37. The molecule has 0 aromatic carbocycles. The van der Waals surface area contributed by atoms with Gasteiger partial charge in [0, 0.05) is 41.9 Å². The molecule has 0 fully saturated rings. The van der Waals surface area contributed by atoms with Crippen LogP contribution in [0.15, 0.2) is 16.6 Å². The average Bonchev–Trinajstić information content (AvgIpc) is 3.19. The van der Waals surface area contributed by atoms with Crippen LogP contribution in [0.2, 0.25) is 0 Å². The maximum Gasteiger partial charge on any atom is 0.191 e. The lowest BCUT2D eigenvalue weighted by atomic mass is 9.98. The fourth-order valence-electron chi connectivity index (χ4n) is 2.04. The molecule has 132 valence electrons. The molecule has 0 radical (unpaired) electrons. The molecule has 2 rings (SSSR count). The Kier molecular flexibility index (Phi) is 6.74. The summed E-state index contributed by atoms with van der Waals surface area (Å²) in [5.41, 5.74) is 1.16. The molecule has 0 saturated heterocycles. The van der Waals surface area contributed by atoms with E-state index < -0.39 is 0 Å². The Balaban J connectivity index is 1.77. The summed E-state index contributed by atoms with van der Waals surface area (Å²) >= 11 is 3.50. The fraction of sp³-hybridized carbons (Fsp3) is 0.588. The van der Waals surface area contributed by atoms with Gasteiger partial charge < -0.3 is 10.6 Å². The molecule has 0 amide bonds. The van der Waals surface area contributed by atoms with Gasteiger partial charge in [0.05, 0.1) is 22.3 Å². The van der Waals surface area contributed by atoms with Gasteiger partial charge in [-0.3, -0.25) is 4.99 Å². The fourth-order valence-corrected chi connectivity index (χ4v) is 3.81. The third kappa shape index (κ3) is 5.56. The van der Waals surface area contributed by atoms with E-state index in [1.54, 1.807) is 29.7 Å². The molecule has 2 heterocycles. The van der Waals surface area contributed by atoms with Crippen molar-refractivity contribution in [3.05, 3.63) is 32.2 Å². The quantitative estimate of drug-likeness (QED) is 0.609. The summed E-state index contributed by atoms with van der Waals surface area (Å²) in [5, 5.41) is 11.1. The lowest BCUT2D eigenvalue weighted by molar-refractivity contribution is 0.582. The van der Waals surface area contributed by atoms with Crippen LogP contribution in [0.3, 0.4) is 0 Å². The van der Waals surface area contributed by atoms with Crippen molar-refractivity contribution in [2.24, 2.45) is 4.99 Å². The van der Waals surface area contributed by atoms with Crippen molar-refractivity contribution in [3.8, 4) is 0 Å². The molecule has 0 aliphatic carbocycles. The third-order valence-corrected chi connectivity index (χ3v) is 5.95. The number of rotatable bonds is 6. The molecular weight excluding hydrogens is 338 g/mol. The average molecular weight is 366 g/mol. The number of aryl methyl sites for hydroxylation is 1. The van der Waals surface area contributed by atoms with Crippen molar-refractivity contribution in [2.45, 2.75) is 52.5 Å². The van der Waals surface area contributed by atoms with E-state index >= 15 is 0 Å². The molecule has 2 aromatic rings. The van der Waals surface area contributed by atoms with Gasteiger partial charge in [-0.25, -0.2) is 9.97 Å². The van der Waals surface area contributed by atoms with Gasteiger partial charge in [-0.2, -0.15) is 0 Å². The molecule has 2 aromatic heterocycles. The highest BCUT2D eigenvalue weighted by atomic mass is 32.1. The molecule has 0 bridgehead atoms. The summed E-state index contributed by atoms with van der Waals surface area (Å²) in [4.78, 5) is 14.7. The lowest BCUT2D eigenvalue weighted by Crippen LogP contribution is -2.37. The Labute approximate surface area is 152 Å². The standard InChI is InChI=1S/C17H27N5S2/c1-6-13-10-20-14(24-13)7-8-19-16(18-5)21-9-12-11-23-15(22-12)17(2,3)4/h10-11H,6-9H2,1-5H3,(H2,18,19,21). The molecular formula is C17H27N5S2. The van der Waals surface area contributed by atoms with Gasteiger partial charge in [0.1, 0.15) is 0 Å². The monoisotopic (exact) mass is 365 g/mol. The summed E-state index contributed by atoms with van der Waals surface area (Å²) in [6, 6.07) is 0. The number of nitrogens with one attached hydrogen (secondary N) is 2. The highest BCUT2D eigenvalue weighted by Gasteiger charge is 2.17. The minimum atomic E-state index is 0.105. The molecule has 7 heteroatoms. The Morgan fingerprint density at radius 1 is 1.29 bits per heavy atom. The van der Waals surface area contributed by atoms with Crippen molar-refractivity contribution in [1.29, 1.82) is 0 Å². The van der Waals surface area contributed by atoms with Crippen LogP contribution in [0.5, 0.6) is 0 Å². The number of hydrogen-bond donors (Lipinski definition) is 2. The molecule has 0 unspecified atom stereocenters. The van der Waals surface area contributed by atoms with Crippen molar-refractivity contribution in [2.75, 3.05) is 13.6 Å². The van der Waals surface area contributed by atoms with Gasteiger partial charge in [-0.15, -0.1) is 22.7 Å². The van der Waals surface area contributed by atoms with Gasteiger partial charge in [0.25, 0.3) is 0 Å². The predicted molar refractivity (Wildman–Crippen MR) is 104 cm³/mol. The molecule has 0 aliphatic heterocycles. The number of hydrogen-bond acceptors (Lipinski definition) is 5. The zero-order chi connectivity index (χ0) is 17.6. The first kappa shape index (κ1) is 18.9. The number of aromatic nitrogens is 2. The normalized spacial score (nSPS) is 12.5. The second kappa shape index (κ2) is 8.58. The molecule has 0 aliphatic rings. The first-order valence-corrected chi connectivity index (χ1v) is 9.95. The summed E-state index contributed by atoms with van der Waals surface area (Å²) in [7, 11) is 1.79. The number of nitrogens with zero attached hydrogens (tertiary/aromatic N) is 3.